The van der Waals surface area contributed by atoms with Crippen LogP contribution in [0.5, 0.6) is 0 Å². The highest BCUT2D eigenvalue weighted by atomic mass is 32.7. The molecule has 22 heavy (non-hydrogen) atoms. The molecule has 0 saturated carbocycles. The molecule has 1 unspecified atom stereocenters. The van der Waals surface area contributed by atoms with Crippen LogP contribution in [0.1, 0.15) is 47.0 Å². The third-order valence-corrected chi connectivity index (χ3v) is 8.63. The Morgan fingerprint density at radius 1 is 1.36 bits per heavy atom. The minimum absolute atomic E-state index is 0.199. The van der Waals surface area contributed by atoms with E-state index in [2.05, 4.69) is 39.2 Å². The van der Waals surface area contributed by atoms with E-state index in [1.165, 1.54) is 5.57 Å². The summed E-state index contributed by atoms with van der Waals surface area (Å²) in [5, 5.41) is 0. The molecule has 1 aliphatic rings. The smallest absolute Gasteiger partial charge is 0.0874 e. The highest BCUT2D eigenvalue weighted by Crippen LogP contribution is 2.50. The van der Waals surface area contributed by atoms with Gasteiger partial charge in [-0.2, -0.15) is 0 Å². The summed E-state index contributed by atoms with van der Waals surface area (Å²) in [6.45, 7) is 18.2. The van der Waals surface area contributed by atoms with E-state index in [4.69, 9.17) is 4.74 Å². The Bertz CT molecular complexity index is 331. The Hall–Kier alpha value is 0.400. The van der Waals surface area contributed by atoms with Gasteiger partial charge in [0.15, 0.2) is 0 Å². The molecule has 0 aromatic heterocycles. The van der Waals surface area contributed by atoms with E-state index in [1.54, 1.807) is 11.4 Å². The van der Waals surface area contributed by atoms with E-state index < -0.39 is 7.35 Å². The normalized spacial score (nSPS) is 18.6. The summed E-state index contributed by atoms with van der Waals surface area (Å²) in [5.74, 6) is 1.04. The molecule has 5 heteroatoms. The van der Waals surface area contributed by atoms with E-state index in [9.17, 15) is 4.89 Å². The predicted octanol–water partition coefficient (Wildman–Crippen LogP) is 4.52. The second kappa shape index (κ2) is 10.3. The molecule has 0 radical (unpaired) electrons. The van der Waals surface area contributed by atoms with Crippen molar-refractivity contribution < 1.29 is 9.63 Å². The lowest BCUT2D eigenvalue weighted by molar-refractivity contribution is 0.0338. The van der Waals surface area contributed by atoms with Gasteiger partial charge in [0, 0.05) is 18.7 Å². The predicted molar refractivity (Wildman–Crippen MR) is 101 cm³/mol. The van der Waals surface area contributed by atoms with Crippen LogP contribution in [0.2, 0.25) is 0 Å². The van der Waals surface area contributed by atoms with Crippen molar-refractivity contribution in [3.05, 3.63) is 12.2 Å². The number of hydrogen-bond donors (Lipinski definition) is 1. The van der Waals surface area contributed by atoms with Gasteiger partial charge < -0.3 is 9.63 Å². The van der Waals surface area contributed by atoms with Gasteiger partial charge in [0.1, 0.15) is 0 Å². The highest BCUT2D eigenvalue weighted by Gasteiger charge is 2.23. The molecule has 1 atom stereocenters. The Kier molecular flexibility index (Phi) is 9.57. The first-order valence-electron chi connectivity index (χ1n) is 8.42. The van der Waals surface area contributed by atoms with Crippen molar-refractivity contribution >= 4 is 18.7 Å². The monoisotopic (exact) mass is 347 g/mol. The van der Waals surface area contributed by atoms with Crippen LogP contribution in [0.15, 0.2) is 12.2 Å². The first-order valence-corrected chi connectivity index (χ1v) is 11.4. The molecule has 0 spiro atoms. The topological polar surface area (TPSA) is 32.7 Å². The van der Waals surface area contributed by atoms with Crippen molar-refractivity contribution in [1.82, 2.24) is 4.90 Å². The lowest BCUT2D eigenvalue weighted by Gasteiger charge is -2.33. The summed E-state index contributed by atoms with van der Waals surface area (Å²) in [6.07, 6.45) is 3.36. The second-order valence-corrected chi connectivity index (χ2v) is 11.2. The van der Waals surface area contributed by atoms with Crippen LogP contribution < -0.4 is 0 Å². The molecule has 130 valence electrons. The van der Waals surface area contributed by atoms with E-state index in [0.717, 1.165) is 57.9 Å². The zero-order valence-corrected chi connectivity index (χ0v) is 16.5. The van der Waals surface area contributed by atoms with Crippen LogP contribution in [-0.2, 0) is 4.74 Å². The van der Waals surface area contributed by atoms with Gasteiger partial charge in [-0.05, 0) is 37.0 Å². The number of rotatable bonds is 10. The van der Waals surface area contributed by atoms with Crippen LogP contribution in [0.3, 0.4) is 0 Å². The molecule has 1 rings (SSSR count). The Morgan fingerprint density at radius 3 is 2.59 bits per heavy atom. The number of allylic oxidation sites excluding steroid dienone is 1. The van der Waals surface area contributed by atoms with Crippen molar-refractivity contribution in [1.29, 1.82) is 0 Å². The summed E-state index contributed by atoms with van der Waals surface area (Å²) in [4.78, 5) is 12.4. The molecule has 0 aliphatic carbocycles. The van der Waals surface area contributed by atoms with Crippen LogP contribution in [0.4, 0.5) is 0 Å². The average Bonchev–Trinajstić information content (AvgIpc) is 2.50. The van der Waals surface area contributed by atoms with E-state index in [0.29, 0.717) is 5.66 Å². The summed E-state index contributed by atoms with van der Waals surface area (Å²) in [7, 11) is -0.846. The molecule has 3 nitrogen and oxygen atoms in total. The van der Waals surface area contributed by atoms with Crippen molar-refractivity contribution in [3.63, 3.8) is 0 Å². The second-order valence-electron chi connectivity index (χ2n) is 7.02. The van der Waals surface area contributed by atoms with Gasteiger partial charge >= 0.3 is 0 Å². The van der Waals surface area contributed by atoms with Gasteiger partial charge in [0.05, 0.1) is 20.6 Å². The van der Waals surface area contributed by atoms with Crippen molar-refractivity contribution in [2.45, 2.75) is 52.6 Å². The molecule has 1 aliphatic heterocycles. The first-order chi connectivity index (χ1) is 10.3. The number of hydrogen-bond acceptors (Lipinski definition) is 4. The van der Waals surface area contributed by atoms with Crippen LogP contribution in [0, 0.1) is 5.41 Å². The van der Waals surface area contributed by atoms with E-state index in [1.807, 2.05) is 0 Å². The zero-order chi connectivity index (χ0) is 16.6. The molecule has 1 saturated heterocycles. The molecule has 1 heterocycles. The lowest BCUT2D eigenvalue weighted by Crippen LogP contribution is -2.38. The lowest BCUT2D eigenvalue weighted by atomic mass is 9.80. The maximum Gasteiger partial charge on any atom is 0.0874 e. The average molecular weight is 348 g/mol. The fourth-order valence-electron chi connectivity index (χ4n) is 2.37. The third kappa shape index (κ3) is 7.79. The molecule has 1 N–H and O–H groups in total. The largest absolute Gasteiger partial charge is 0.379 e. The van der Waals surface area contributed by atoms with Gasteiger partial charge in [-0.3, -0.25) is 4.90 Å². The van der Waals surface area contributed by atoms with Gasteiger partial charge in [0.25, 0.3) is 0 Å². The van der Waals surface area contributed by atoms with Crippen LogP contribution in [0.25, 0.3) is 0 Å². The molecule has 0 aromatic carbocycles. The van der Waals surface area contributed by atoms with Gasteiger partial charge in [-0.1, -0.05) is 39.8 Å². The first kappa shape index (κ1) is 20.4. The SMILES string of the molecule is C=C(CCCSP(O)C(C)C)C(C)(C)CCN1CCOCC1. The molecule has 1 fully saturated rings. The van der Waals surface area contributed by atoms with E-state index >= 15 is 0 Å². The number of nitrogens with zero attached hydrogens (tertiary/aromatic N) is 1. The minimum atomic E-state index is -0.846. The Morgan fingerprint density at radius 2 is 2.00 bits per heavy atom. The quantitative estimate of drug-likeness (QED) is 0.358. The standard InChI is InChI=1S/C17H34NO2PS/c1-15(2)21(19)22-14-6-7-16(3)17(4,5)8-9-18-10-12-20-13-11-18/h15,19H,3,6-14H2,1-2,4-5H3. The maximum atomic E-state index is 9.87. The molecule has 0 bridgehead atoms. The summed E-state index contributed by atoms with van der Waals surface area (Å²) in [5.41, 5.74) is 1.95. The summed E-state index contributed by atoms with van der Waals surface area (Å²) in [6, 6.07) is 0. The zero-order valence-electron chi connectivity index (χ0n) is 14.8. The van der Waals surface area contributed by atoms with Gasteiger partial charge in [-0.15, -0.1) is 11.4 Å². The Balaban J connectivity index is 2.21. The van der Waals surface area contributed by atoms with E-state index in [-0.39, 0.29) is 5.41 Å². The third-order valence-electron chi connectivity index (χ3n) is 4.40. The number of ether oxygens (including phenoxy) is 1. The molecule has 0 amide bonds. The number of morpholine rings is 1. The van der Waals surface area contributed by atoms with Crippen LogP contribution in [-0.4, -0.2) is 54.1 Å². The van der Waals surface area contributed by atoms with Crippen molar-refractivity contribution in [2.75, 3.05) is 38.6 Å². The van der Waals surface area contributed by atoms with Gasteiger partial charge in [-0.25, -0.2) is 0 Å². The van der Waals surface area contributed by atoms with Crippen molar-refractivity contribution in [3.8, 4) is 0 Å². The van der Waals surface area contributed by atoms with Crippen molar-refractivity contribution in [2.24, 2.45) is 5.41 Å². The fourth-order valence-corrected chi connectivity index (χ4v) is 4.97. The Labute approximate surface area is 142 Å². The minimum Gasteiger partial charge on any atom is -0.379 e. The maximum absolute atomic E-state index is 9.87. The summed E-state index contributed by atoms with van der Waals surface area (Å²) >= 11 is 1.73. The molecular weight excluding hydrogens is 313 g/mol. The molecular formula is C17H34NO2PS. The van der Waals surface area contributed by atoms with Gasteiger partial charge in [0.2, 0.25) is 0 Å². The fraction of sp³-hybridized carbons (Fsp3) is 0.882. The summed E-state index contributed by atoms with van der Waals surface area (Å²) < 4.78 is 5.40. The molecule has 0 aromatic rings. The van der Waals surface area contributed by atoms with Crippen LogP contribution >= 0.6 is 18.7 Å². The highest BCUT2D eigenvalue weighted by molar-refractivity contribution is 8.54.